The molecular weight excluding hydrogens is 198 g/mol. The molecule has 6 heteroatoms. The monoisotopic (exact) mass is 210 g/mol. The molecule has 0 aromatic carbocycles. The summed E-state index contributed by atoms with van der Waals surface area (Å²) in [6.07, 6.45) is 0. The van der Waals surface area contributed by atoms with Crippen molar-refractivity contribution in [2.75, 3.05) is 0 Å². The Bertz CT molecular complexity index is 92.4. The van der Waals surface area contributed by atoms with Gasteiger partial charge in [-0.05, 0) is 11.8 Å². The zero-order valence-corrected chi connectivity index (χ0v) is 11.1. The number of hydrogen-bond donors (Lipinski definition) is 3. The smallest absolute Gasteiger partial charge is 0.341 e. The first-order chi connectivity index (χ1) is 3.73. The molecular formula is C4H12NaO2PS2. The number of hydrogen-bond acceptors (Lipinski definition) is 1. The van der Waals surface area contributed by atoms with Crippen molar-refractivity contribution in [3.05, 3.63) is 6.92 Å². The molecule has 0 aromatic rings. The van der Waals surface area contributed by atoms with Gasteiger partial charge in [-0.1, -0.05) is 26.1 Å². The second-order valence-corrected chi connectivity index (χ2v) is 6.95. The van der Waals surface area contributed by atoms with Crippen LogP contribution in [-0.2, 0) is 11.8 Å². The van der Waals surface area contributed by atoms with Crippen molar-refractivity contribution in [1.82, 2.24) is 0 Å². The molecule has 0 radical (unpaired) electrons. The van der Waals surface area contributed by atoms with Crippen molar-refractivity contribution in [2.45, 2.75) is 13.8 Å². The Morgan fingerprint density at radius 1 is 1.50 bits per heavy atom. The third-order valence-corrected chi connectivity index (χ3v) is 0. The van der Waals surface area contributed by atoms with E-state index in [1.54, 1.807) is 0 Å². The molecule has 0 unspecified atom stereocenters. The summed E-state index contributed by atoms with van der Waals surface area (Å²) in [4.78, 5) is 15.7. The summed E-state index contributed by atoms with van der Waals surface area (Å²) in [7, 11) is 0. The minimum absolute atomic E-state index is 0. The predicted molar refractivity (Wildman–Crippen MR) is 47.9 cm³/mol. The molecule has 0 aromatic heterocycles. The van der Waals surface area contributed by atoms with Crippen LogP contribution in [0.15, 0.2) is 0 Å². The van der Waals surface area contributed by atoms with Crippen molar-refractivity contribution in [3.8, 4) is 0 Å². The van der Waals surface area contributed by atoms with E-state index in [2.05, 4.69) is 44.8 Å². The van der Waals surface area contributed by atoms with E-state index in [0.29, 0.717) is 5.92 Å². The molecule has 0 heterocycles. The van der Waals surface area contributed by atoms with Gasteiger partial charge >= 0.3 is 29.6 Å². The topological polar surface area (TPSA) is 40.5 Å². The molecule has 0 rings (SSSR count). The van der Waals surface area contributed by atoms with E-state index in [9.17, 15) is 0 Å². The minimum Gasteiger partial charge on any atom is -0.341 e. The summed E-state index contributed by atoms with van der Waals surface area (Å²) in [6, 6.07) is 0. The Balaban J connectivity index is -0.0000000910. The fourth-order valence-electron chi connectivity index (χ4n) is 0. The van der Waals surface area contributed by atoms with Gasteiger partial charge in [-0.2, -0.15) is 5.92 Å². The van der Waals surface area contributed by atoms with E-state index in [0.717, 1.165) is 0 Å². The van der Waals surface area contributed by atoms with Crippen LogP contribution >= 0.6 is 17.9 Å². The van der Waals surface area contributed by atoms with Gasteiger partial charge in [-0.15, -0.1) is 0 Å². The average molecular weight is 210 g/mol. The molecule has 0 saturated heterocycles. The standard InChI is InChI=1S/C4H9.Na.H3O2PS2/c1-4(2)3;;1-3(2,4)5/h4H,1H2,2-3H3;;(H3,1,2,4,5)/q-1;+1;. The van der Waals surface area contributed by atoms with Gasteiger partial charge in [-0.3, -0.25) is 0 Å². The van der Waals surface area contributed by atoms with E-state index in [-0.39, 0.29) is 29.6 Å². The molecule has 10 heavy (non-hydrogen) atoms. The Morgan fingerprint density at radius 2 is 1.50 bits per heavy atom. The molecule has 0 amide bonds. The van der Waals surface area contributed by atoms with E-state index in [4.69, 9.17) is 9.79 Å². The van der Waals surface area contributed by atoms with Crippen LogP contribution in [0.3, 0.4) is 0 Å². The van der Waals surface area contributed by atoms with Crippen LogP contribution in [0.2, 0.25) is 0 Å². The number of thiol groups is 1. The third kappa shape index (κ3) is 214. The van der Waals surface area contributed by atoms with Crippen LogP contribution in [0.5, 0.6) is 0 Å². The van der Waals surface area contributed by atoms with Gasteiger partial charge in [0.05, 0.1) is 0 Å². The summed E-state index contributed by atoms with van der Waals surface area (Å²) in [6.45, 7) is 7.75. The summed E-state index contributed by atoms with van der Waals surface area (Å²) in [5.41, 5.74) is -3.11. The van der Waals surface area contributed by atoms with Gasteiger partial charge in [0.2, 0.25) is 5.69 Å². The maximum absolute atomic E-state index is 7.87. The molecule has 58 valence electrons. The molecule has 0 spiro atoms. The maximum atomic E-state index is 7.87. The fraction of sp³-hybridized carbons (Fsp3) is 0.750. The predicted octanol–water partition coefficient (Wildman–Crippen LogP) is -1.39. The SMILES string of the molecule is OP(O)(=S)S.[CH2-]C(C)C.[Na+]. The summed E-state index contributed by atoms with van der Waals surface area (Å²) in [5, 5.41) is 0. The van der Waals surface area contributed by atoms with Crippen LogP contribution < -0.4 is 29.6 Å². The molecule has 2 nitrogen and oxygen atoms in total. The summed E-state index contributed by atoms with van der Waals surface area (Å²) in [5.74, 6) is 0.583. The van der Waals surface area contributed by atoms with E-state index < -0.39 is 5.69 Å². The minimum atomic E-state index is -3.11. The molecule has 0 aliphatic carbocycles. The Labute approximate surface area is 95.0 Å². The van der Waals surface area contributed by atoms with Gasteiger partial charge in [0.1, 0.15) is 0 Å². The number of rotatable bonds is 0. The zero-order chi connectivity index (χ0) is 8.08. The summed E-state index contributed by atoms with van der Waals surface area (Å²) < 4.78 is 0. The zero-order valence-electron chi connectivity index (χ0n) is 6.48. The Hall–Kier alpha value is 1.92. The maximum Gasteiger partial charge on any atom is 1.00 e. The second kappa shape index (κ2) is 9.01. The first-order valence-electron chi connectivity index (χ1n) is 2.35. The second-order valence-electron chi connectivity index (χ2n) is 1.91. The van der Waals surface area contributed by atoms with Crippen LogP contribution in [0.4, 0.5) is 0 Å². The van der Waals surface area contributed by atoms with Crippen molar-refractivity contribution < 1.29 is 39.3 Å². The van der Waals surface area contributed by atoms with E-state index >= 15 is 0 Å². The molecule has 0 atom stereocenters. The first kappa shape index (κ1) is 17.9. The van der Waals surface area contributed by atoms with Gasteiger partial charge in [0.25, 0.3) is 0 Å². The molecule has 0 aliphatic rings. The van der Waals surface area contributed by atoms with Crippen LogP contribution in [-0.4, -0.2) is 9.79 Å². The average Bonchev–Trinajstić information content (AvgIpc) is 1.19. The molecule has 0 bridgehead atoms. The quantitative estimate of drug-likeness (QED) is 0.199. The van der Waals surface area contributed by atoms with E-state index in [1.807, 2.05) is 0 Å². The molecule has 0 aliphatic heterocycles. The van der Waals surface area contributed by atoms with E-state index in [1.165, 1.54) is 0 Å². The normalized spacial score (nSPS) is 9.50. The van der Waals surface area contributed by atoms with Crippen LogP contribution in [0.25, 0.3) is 0 Å². The Morgan fingerprint density at radius 3 is 1.50 bits per heavy atom. The van der Waals surface area contributed by atoms with Crippen molar-refractivity contribution in [2.24, 2.45) is 5.92 Å². The third-order valence-electron chi connectivity index (χ3n) is 0. The largest absolute Gasteiger partial charge is 1.00 e. The molecule has 0 saturated carbocycles. The summed E-state index contributed by atoms with van der Waals surface area (Å²) >= 11 is 7.07. The van der Waals surface area contributed by atoms with Crippen molar-refractivity contribution >= 4 is 29.7 Å². The van der Waals surface area contributed by atoms with Crippen LogP contribution in [0.1, 0.15) is 13.8 Å². The van der Waals surface area contributed by atoms with Gasteiger partial charge < -0.3 is 16.7 Å². The van der Waals surface area contributed by atoms with Gasteiger partial charge in [-0.25, -0.2) is 0 Å². The van der Waals surface area contributed by atoms with Crippen LogP contribution in [0, 0.1) is 12.8 Å². The Kier molecular flexibility index (Phi) is 16.1. The fourth-order valence-corrected chi connectivity index (χ4v) is 0. The molecule has 0 fully saturated rings. The molecule has 2 N–H and O–H groups in total. The first-order valence-corrected chi connectivity index (χ1v) is 6.21. The van der Waals surface area contributed by atoms with Crippen molar-refractivity contribution in [3.63, 3.8) is 0 Å². The van der Waals surface area contributed by atoms with Crippen molar-refractivity contribution in [1.29, 1.82) is 0 Å². The van der Waals surface area contributed by atoms with Gasteiger partial charge in [0, 0.05) is 0 Å². The van der Waals surface area contributed by atoms with Gasteiger partial charge in [0.15, 0.2) is 0 Å².